The van der Waals surface area contributed by atoms with Gasteiger partial charge in [-0.25, -0.2) is 0 Å². The van der Waals surface area contributed by atoms with E-state index in [4.69, 9.17) is 10.2 Å². The van der Waals surface area contributed by atoms with E-state index in [1.807, 2.05) is 44.2 Å². The van der Waals surface area contributed by atoms with Crippen molar-refractivity contribution in [3.05, 3.63) is 53.5 Å². The standard InChI is InChI=1S/C15H18N2O2/c1-11-5-3-7-14(12(11)2)17(15(18)9-16)10-13-6-4-8-19-13/h3-8H,9-10,16H2,1-2H3. The lowest BCUT2D eigenvalue weighted by Gasteiger charge is -2.24. The maximum atomic E-state index is 12.1. The molecule has 0 spiro atoms. The van der Waals surface area contributed by atoms with E-state index >= 15 is 0 Å². The van der Waals surface area contributed by atoms with Crippen LogP contribution in [-0.4, -0.2) is 12.5 Å². The summed E-state index contributed by atoms with van der Waals surface area (Å²) in [7, 11) is 0. The molecule has 1 heterocycles. The van der Waals surface area contributed by atoms with Crippen LogP contribution in [0.25, 0.3) is 0 Å². The quantitative estimate of drug-likeness (QED) is 0.916. The molecule has 1 aromatic heterocycles. The summed E-state index contributed by atoms with van der Waals surface area (Å²) in [6.45, 7) is 4.40. The molecule has 0 aliphatic carbocycles. The van der Waals surface area contributed by atoms with Crippen molar-refractivity contribution in [2.45, 2.75) is 20.4 Å². The fraction of sp³-hybridized carbons (Fsp3) is 0.267. The minimum absolute atomic E-state index is 0.0198. The second-order valence-electron chi connectivity index (χ2n) is 4.48. The van der Waals surface area contributed by atoms with Crippen molar-refractivity contribution in [3.8, 4) is 0 Å². The topological polar surface area (TPSA) is 59.5 Å². The fourth-order valence-electron chi connectivity index (χ4n) is 2.00. The van der Waals surface area contributed by atoms with Crippen LogP contribution in [0.1, 0.15) is 16.9 Å². The average molecular weight is 258 g/mol. The van der Waals surface area contributed by atoms with Crippen LogP contribution < -0.4 is 10.6 Å². The Kier molecular flexibility index (Phi) is 4.02. The van der Waals surface area contributed by atoms with Gasteiger partial charge in [-0.2, -0.15) is 0 Å². The third-order valence-electron chi connectivity index (χ3n) is 3.24. The number of carbonyl (C=O) groups excluding carboxylic acids is 1. The number of furan rings is 1. The van der Waals surface area contributed by atoms with Gasteiger partial charge >= 0.3 is 0 Å². The molecular formula is C15H18N2O2. The SMILES string of the molecule is Cc1cccc(N(Cc2ccco2)C(=O)CN)c1C. The second kappa shape index (κ2) is 5.71. The Bertz CT molecular complexity index is 562. The Morgan fingerprint density at radius 1 is 1.26 bits per heavy atom. The Morgan fingerprint density at radius 2 is 2.05 bits per heavy atom. The van der Waals surface area contributed by atoms with Crippen molar-refractivity contribution >= 4 is 11.6 Å². The molecule has 1 amide bonds. The van der Waals surface area contributed by atoms with E-state index in [-0.39, 0.29) is 12.5 Å². The molecule has 0 saturated carbocycles. The summed E-state index contributed by atoms with van der Waals surface area (Å²) in [5, 5.41) is 0. The monoisotopic (exact) mass is 258 g/mol. The first-order valence-corrected chi connectivity index (χ1v) is 6.22. The van der Waals surface area contributed by atoms with E-state index in [0.29, 0.717) is 6.54 Å². The van der Waals surface area contributed by atoms with Gasteiger partial charge in [0.15, 0.2) is 0 Å². The Labute approximate surface area is 112 Å². The second-order valence-corrected chi connectivity index (χ2v) is 4.48. The van der Waals surface area contributed by atoms with Crippen LogP contribution in [0.2, 0.25) is 0 Å². The van der Waals surface area contributed by atoms with Gasteiger partial charge in [0.2, 0.25) is 5.91 Å². The number of nitrogens with two attached hydrogens (primary N) is 1. The van der Waals surface area contributed by atoms with Gasteiger partial charge < -0.3 is 15.1 Å². The summed E-state index contributed by atoms with van der Waals surface area (Å²) >= 11 is 0. The first-order chi connectivity index (χ1) is 9.13. The molecule has 4 nitrogen and oxygen atoms in total. The molecule has 0 atom stereocenters. The molecule has 100 valence electrons. The number of benzene rings is 1. The summed E-state index contributed by atoms with van der Waals surface area (Å²) in [6, 6.07) is 9.55. The summed E-state index contributed by atoms with van der Waals surface area (Å²) in [4.78, 5) is 13.7. The van der Waals surface area contributed by atoms with Gasteiger partial charge in [0.05, 0.1) is 19.4 Å². The van der Waals surface area contributed by atoms with E-state index in [1.165, 1.54) is 0 Å². The predicted octanol–water partition coefficient (Wildman–Crippen LogP) is 2.39. The molecule has 2 rings (SSSR count). The molecule has 0 aliphatic rings. The fourth-order valence-corrected chi connectivity index (χ4v) is 2.00. The van der Waals surface area contributed by atoms with Crippen LogP contribution in [-0.2, 0) is 11.3 Å². The van der Waals surface area contributed by atoms with Gasteiger partial charge in [0.1, 0.15) is 5.76 Å². The van der Waals surface area contributed by atoms with Crippen molar-refractivity contribution in [1.29, 1.82) is 0 Å². The minimum Gasteiger partial charge on any atom is -0.467 e. The number of carbonyl (C=O) groups is 1. The van der Waals surface area contributed by atoms with Crippen molar-refractivity contribution in [2.24, 2.45) is 5.73 Å². The number of nitrogens with zero attached hydrogens (tertiary/aromatic N) is 1. The number of anilines is 1. The van der Waals surface area contributed by atoms with E-state index in [1.54, 1.807) is 11.2 Å². The van der Waals surface area contributed by atoms with Crippen LogP contribution >= 0.6 is 0 Å². The zero-order valence-electron chi connectivity index (χ0n) is 11.2. The largest absolute Gasteiger partial charge is 0.467 e. The highest BCUT2D eigenvalue weighted by atomic mass is 16.3. The van der Waals surface area contributed by atoms with E-state index in [0.717, 1.165) is 22.6 Å². The third kappa shape index (κ3) is 2.85. The molecule has 4 heteroatoms. The highest BCUT2D eigenvalue weighted by molar-refractivity contribution is 5.95. The molecule has 1 aromatic carbocycles. The Hall–Kier alpha value is -2.07. The van der Waals surface area contributed by atoms with Crippen LogP contribution in [0.5, 0.6) is 0 Å². The van der Waals surface area contributed by atoms with E-state index in [2.05, 4.69) is 0 Å². The van der Waals surface area contributed by atoms with Crippen LogP contribution in [0, 0.1) is 13.8 Å². The molecule has 19 heavy (non-hydrogen) atoms. The van der Waals surface area contributed by atoms with Gasteiger partial charge in [-0.1, -0.05) is 12.1 Å². The lowest BCUT2D eigenvalue weighted by Crippen LogP contribution is -2.36. The highest BCUT2D eigenvalue weighted by Crippen LogP contribution is 2.24. The zero-order chi connectivity index (χ0) is 13.8. The van der Waals surface area contributed by atoms with Crippen LogP contribution in [0.4, 0.5) is 5.69 Å². The highest BCUT2D eigenvalue weighted by Gasteiger charge is 2.18. The number of hydrogen-bond donors (Lipinski definition) is 1. The first-order valence-electron chi connectivity index (χ1n) is 6.22. The summed E-state index contributed by atoms with van der Waals surface area (Å²) in [5.74, 6) is 0.618. The molecule has 0 bridgehead atoms. The minimum atomic E-state index is -0.120. The van der Waals surface area contributed by atoms with Gasteiger partial charge in [-0.05, 0) is 43.2 Å². The van der Waals surface area contributed by atoms with Crippen LogP contribution in [0.15, 0.2) is 41.0 Å². The average Bonchev–Trinajstić information content (AvgIpc) is 2.92. The molecule has 2 aromatic rings. The zero-order valence-corrected chi connectivity index (χ0v) is 11.2. The summed E-state index contributed by atoms with van der Waals surface area (Å²) < 4.78 is 5.32. The van der Waals surface area contributed by atoms with Crippen molar-refractivity contribution in [2.75, 3.05) is 11.4 Å². The Balaban J connectivity index is 2.37. The van der Waals surface area contributed by atoms with Gasteiger partial charge in [0.25, 0.3) is 0 Å². The molecular weight excluding hydrogens is 240 g/mol. The lowest BCUT2D eigenvalue weighted by molar-refractivity contribution is -0.117. The maximum Gasteiger partial charge on any atom is 0.241 e. The van der Waals surface area contributed by atoms with Gasteiger partial charge in [0, 0.05) is 5.69 Å². The smallest absolute Gasteiger partial charge is 0.241 e. The molecule has 0 aliphatic heterocycles. The summed E-state index contributed by atoms with van der Waals surface area (Å²) in [6.07, 6.45) is 1.60. The number of hydrogen-bond acceptors (Lipinski definition) is 3. The van der Waals surface area contributed by atoms with Crippen molar-refractivity contribution in [1.82, 2.24) is 0 Å². The number of aryl methyl sites for hydroxylation is 1. The van der Waals surface area contributed by atoms with Crippen molar-refractivity contribution in [3.63, 3.8) is 0 Å². The Morgan fingerprint density at radius 3 is 2.68 bits per heavy atom. The molecule has 0 unspecified atom stereocenters. The third-order valence-corrected chi connectivity index (χ3v) is 3.24. The lowest BCUT2D eigenvalue weighted by atomic mass is 10.1. The van der Waals surface area contributed by atoms with E-state index in [9.17, 15) is 4.79 Å². The normalized spacial score (nSPS) is 10.5. The van der Waals surface area contributed by atoms with Crippen LogP contribution in [0.3, 0.4) is 0 Å². The molecule has 0 fully saturated rings. The first kappa shape index (κ1) is 13.4. The number of amides is 1. The maximum absolute atomic E-state index is 12.1. The van der Waals surface area contributed by atoms with Gasteiger partial charge in [-0.15, -0.1) is 0 Å². The molecule has 0 saturated heterocycles. The van der Waals surface area contributed by atoms with E-state index < -0.39 is 0 Å². The van der Waals surface area contributed by atoms with Gasteiger partial charge in [-0.3, -0.25) is 4.79 Å². The molecule has 2 N–H and O–H groups in total. The molecule has 0 radical (unpaired) electrons. The summed E-state index contributed by atoms with van der Waals surface area (Å²) in [5.41, 5.74) is 8.61. The predicted molar refractivity (Wildman–Crippen MR) is 74.9 cm³/mol. The number of rotatable bonds is 4. The van der Waals surface area contributed by atoms with Crippen molar-refractivity contribution < 1.29 is 9.21 Å².